The van der Waals surface area contributed by atoms with E-state index in [-0.39, 0.29) is 31.8 Å². The molecule has 0 aliphatic heterocycles. The van der Waals surface area contributed by atoms with Gasteiger partial charge in [-0.05, 0) is 103 Å². The monoisotopic (exact) mass is 750 g/mol. The summed E-state index contributed by atoms with van der Waals surface area (Å²) >= 11 is 0. The molecule has 3 aromatic heterocycles. The standard InChI is InChI=1S/C44H44N4O.Pd/c1-26(2)32-22-34(48-31(7)43(30(6)46-48)42-28(4)20-33(21-29(42)5)44(8,9)10)24-36(23-32)49-35-15-16-38-37-13-11-12-14-39(37)47(40(38)25-35)41-19-27(3)17-18-45-41;/h11-23,26H,1-10H3;/q-2;+2. The van der Waals surface area contributed by atoms with Crippen LogP contribution in [0.2, 0.25) is 0 Å². The average Bonchev–Trinajstić information content (AvgIpc) is 3.53. The van der Waals surface area contributed by atoms with E-state index in [9.17, 15) is 0 Å². The van der Waals surface area contributed by atoms with Gasteiger partial charge in [-0.1, -0.05) is 70.5 Å². The van der Waals surface area contributed by atoms with Gasteiger partial charge in [-0.2, -0.15) is 11.2 Å². The zero-order valence-corrected chi connectivity index (χ0v) is 32.2. The van der Waals surface area contributed by atoms with Gasteiger partial charge in [-0.15, -0.1) is 41.3 Å². The van der Waals surface area contributed by atoms with Crippen LogP contribution in [0.5, 0.6) is 11.5 Å². The molecule has 0 saturated carbocycles. The third-order valence-electron chi connectivity index (χ3n) is 9.59. The Bertz CT molecular complexity index is 2370. The molecule has 0 radical (unpaired) electrons. The van der Waals surface area contributed by atoms with E-state index in [0.717, 1.165) is 55.8 Å². The minimum absolute atomic E-state index is 0. The number of benzene rings is 4. The number of para-hydroxylation sites is 1. The molecule has 0 aliphatic carbocycles. The van der Waals surface area contributed by atoms with Crippen LogP contribution in [-0.4, -0.2) is 19.3 Å². The first-order valence-electron chi connectivity index (χ1n) is 17.1. The molecule has 0 fully saturated rings. The molecule has 7 aromatic rings. The van der Waals surface area contributed by atoms with Crippen molar-refractivity contribution in [2.24, 2.45) is 0 Å². The van der Waals surface area contributed by atoms with Crippen molar-refractivity contribution in [2.45, 2.75) is 80.6 Å². The second kappa shape index (κ2) is 13.3. The largest absolute Gasteiger partial charge is 2.00 e. The second-order valence-corrected chi connectivity index (χ2v) is 14.7. The maximum absolute atomic E-state index is 6.61. The fourth-order valence-electron chi connectivity index (χ4n) is 7.01. The number of rotatable bonds is 6. The zero-order valence-electron chi connectivity index (χ0n) is 30.6. The molecule has 50 heavy (non-hydrogen) atoms. The number of pyridine rings is 1. The molecule has 4 aromatic carbocycles. The van der Waals surface area contributed by atoms with Crippen molar-refractivity contribution in [3.05, 3.63) is 130 Å². The van der Waals surface area contributed by atoms with Crippen LogP contribution in [0.4, 0.5) is 0 Å². The molecule has 7 rings (SSSR count). The van der Waals surface area contributed by atoms with Gasteiger partial charge in [0.25, 0.3) is 0 Å². The van der Waals surface area contributed by atoms with Crippen LogP contribution in [0.25, 0.3) is 44.4 Å². The summed E-state index contributed by atoms with van der Waals surface area (Å²) in [6, 6.07) is 32.7. The maximum Gasteiger partial charge on any atom is 2.00 e. The van der Waals surface area contributed by atoms with Crippen molar-refractivity contribution < 1.29 is 25.2 Å². The van der Waals surface area contributed by atoms with Gasteiger partial charge in [-0.25, -0.2) is 4.98 Å². The summed E-state index contributed by atoms with van der Waals surface area (Å²) in [5, 5.41) is 7.34. The summed E-state index contributed by atoms with van der Waals surface area (Å²) in [6.45, 7) is 22.0. The van der Waals surface area contributed by atoms with Gasteiger partial charge in [0.05, 0.1) is 5.69 Å². The molecule has 0 amide bonds. The molecule has 0 unspecified atom stereocenters. The van der Waals surface area contributed by atoms with E-state index >= 15 is 0 Å². The number of ether oxygens (including phenoxy) is 1. The van der Waals surface area contributed by atoms with Crippen molar-refractivity contribution in [1.82, 2.24) is 19.3 Å². The molecule has 256 valence electrons. The van der Waals surface area contributed by atoms with E-state index in [1.54, 1.807) is 0 Å². The first-order chi connectivity index (χ1) is 23.3. The molecular weight excluding hydrogens is 707 g/mol. The predicted molar refractivity (Wildman–Crippen MR) is 202 cm³/mol. The van der Waals surface area contributed by atoms with Gasteiger partial charge in [0, 0.05) is 34.5 Å². The van der Waals surface area contributed by atoms with E-state index in [2.05, 4.69) is 147 Å². The van der Waals surface area contributed by atoms with E-state index in [0.29, 0.717) is 11.5 Å². The minimum Gasteiger partial charge on any atom is -0.509 e. The number of aryl methyl sites for hydroxylation is 4. The van der Waals surface area contributed by atoms with Crippen molar-refractivity contribution in [2.75, 3.05) is 0 Å². The van der Waals surface area contributed by atoms with Crippen molar-refractivity contribution in [3.63, 3.8) is 0 Å². The molecule has 0 saturated heterocycles. The fraction of sp³-hybridized carbons (Fsp3) is 0.273. The molecule has 0 atom stereocenters. The van der Waals surface area contributed by atoms with Crippen LogP contribution < -0.4 is 4.74 Å². The minimum atomic E-state index is 0. The third kappa shape index (κ3) is 6.32. The van der Waals surface area contributed by atoms with Gasteiger partial charge in [0.1, 0.15) is 5.82 Å². The van der Waals surface area contributed by atoms with E-state index in [1.165, 1.54) is 27.8 Å². The van der Waals surface area contributed by atoms with E-state index < -0.39 is 0 Å². The van der Waals surface area contributed by atoms with Gasteiger partial charge >= 0.3 is 20.4 Å². The summed E-state index contributed by atoms with van der Waals surface area (Å²) in [5.74, 6) is 2.38. The number of nitrogens with zero attached hydrogens (tertiary/aromatic N) is 4. The van der Waals surface area contributed by atoms with Crippen LogP contribution >= 0.6 is 0 Å². The van der Waals surface area contributed by atoms with Gasteiger partial charge < -0.3 is 9.30 Å². The van der Waals surface area contributed by atoms with E-state index in [4.69, 9.17) is 14.8 Å². The van der Waals surface area contributed by atoms with Crippen LogP contribution in [0.3, 0.4) is 0 Å². The molecule has 5 nitrogen and oxygen atoms in total. The predicted octanol–water partition coefficient (Wildman–Crippen LogP) is 11.4. The van der Waals surface area contributed by atoms with E-state index in [1.807, 2.05) is 23.0 Å². The first kappa shape index (κ1) is 35.3. The molecule has 0 N–H and O–H groups in total. The van der Waals surface area contributed by atoms with Crippen LogP contribution in [0.15, 0.2) is 79.0 Å². The summed E-state index contributed by atoms with van der Waals surface area (Å²) < 4.78 is 10.8. The summed E-state index contributed by atoms with van der Waals surface area (Å²) in [7, 11) is 0. The zero-order chi connectivity index (χ0) is 34.8. The van der Waals surface area contributed by atoms with Gasteiger partial charge in [0.15, 0.2) is 0 Å². The number of hydrogen-bond acceptors (Lipinski definition) is 3. The first-order valence-corrected chi connectivity index (χ1v) is 17.1. The number of fused-ring (bicyclic) bond motifs is 3. The Morgan fingerprint density at radius 1 is 0.760 bits per heavy atom. The molecule has 0 aliphatic rings. The third-order valence-corrected chi connectivity index (χ3v) is 9.59. The maximum atomic E-state index is 6.61. The molecule has 0 bridgehead atoms. The summed E-state index contributed by atoms with van der Waals surface area (Å²) in [6.07, 6.45) is 1.85. The Hall–Kier alpha value is -4.50. The number of aromatic nitrogens is 4. The fourth-order valence-corrected chi connectivity index (χ4v) is 7.01. The smallest absolute Gasteiger partial charge is 0.509 e. The Balaban J connectivity index is 0.00000432. The quantitative estimate of drug-likeness (QED) is 0.126. The van der Waals surface area contributed by atoms with Gasteiger partial charge in [0.2, 0.25) is 0 Å². The molecule has 0 spiro atoms. The van der Waals surface area contributed by atoms with Crippen molar-refractivity contribution in [1.29, 1.82) is 0 Å². The molecular formula is C44H44N4OPd. The van der Waals surface area contributed by atoms with Crippen molar-refractivity contribution in [3.8, 4) is 34.1 Å². The molecule has 3 heterocycles. The average molecular weight is 751 g/mol. The number of hydrogen-bond donors (Lipinski definition) is 0. The Morgan fingerprint density at radius 2 is 1.48 bits per heavy atom. The van der Waals surface area contributed by atoms with Crippen LogP contribution in [0.1, 0.15) is 79.7 Å². The normalized spacial score (nSPS) is 11.8. The van der Waals surface area contributed by atoms with Crippen molar-refractivity contribution >= 4 is 21.8 Å². The SMILES string of the molecule is Cc1ccnc(-n2c3[c-]c(Oc4[c-]c(-n5nc(C)c(-c6c(C)cc(C(C)(C)C)cc6C)c5C)cc(C(C)C)c4)ccc3c3ccccc32)c1.[Pd+2]. The summed E-state index contributed by atoms with van der Waals surface area (Å²) in [4.78, 5) is 4.72. The Kier molecular flexibility index (Phi) is 9.42. The van der Waals surface area contributed by atoms with Crippen LogP contribution in [0, 0.1) is 46.8 Å². The molecule has 6 heteroatoms. The summed E-state index contributed by atoms with van der Waals surface area (Å²) in [5.41, 5.74) is 13.6. The van der Waals surface area contributed by atoms with Gasteiger partial charge in [-0.3, -0.25) is 4.68 Å². The Labute approximate surface area is 310 Å². The van der Waals surface area contributed by atoms with Crippen LogP contribution in [-0.2, 0) is 25.8 Å². The second-order valence-electron chi connectivity index (χ2n) is 14.7. The Morgan fingerprint density at radius 3 is 2.16 bits per heavy atom. The topological polar surface area (TPSA) is 44.9 Å².